The number of thiophene rings is 1. The fourth-order valence-corrected chi connectivity index (χ4v) is 4.73. The van der Waals surface area contributed by atoms with E-state index in [2.05, 4.69) is 20.4 Å². The molecule has 0 saturated carbocycles. The Labute approximate surface area is 222 Å². The predicted octanol–water partition coefficient (Wildman–Crippen LogP) is 4.85. The van der Waals surface area contributed by atoms with Crippen molar-refractivity contribution < 1.29 is 14.3 Å². The van der Waals surface area contributed by atoms with Gasteiger partial charge in [0.05, 0.1) is 30.4 Å². The Morgan fingerprint density at radius 3 is 2.55 bits per heavy atom. The summed E-state index contributed by atoms with van der Waals surface area (Å²) in [4.78, 5) is 34.8. The molecule has 5 aromatic rings. The molecule has 0 aliphatic heterocycles. The first-order valence-corrected chi connectivity index (χ1v) is 12.7. The molecule has 10 heteroatoms. The van der Waals surface area contributed by atoms with Gasteiger partial charge in [-0.05, 0) is 36.1 Å². The average Bonchev–Trinajstić information content (AvgIpc) is 3.61. The fraction of sp³-hybridized carbons (Fsp3) is 0.143. The minimum absolute atomic E-state index is 0.198. The zero-order chi connectivity index (χ0) is 26.6. The number of methoxy groups -OCH3 is 2. The van der Waals surface area contributed by atoms with Crippen LogP contribution in [0.3, 0.4) is 0 Å². The van der Waals surface area contributed by atoms with Crippen LogP contribution in [0.1, 0.15) is 27.2 Å². The summed E-state index contributed by atoms with van der Waals surface area (Å²) >= 11 is 1.51. The number of nitrogens with one attached hydrogen (secondary N) is 2. The SMILES string of the molecule is COc1ccc(C(=O)Nc2cc(-c3cccs3)nn2-c2nc(C)c(Cc3ccccc3)c(=O)[nH]2)c(OC)c1. The third kappa shape index (κ3) is 5.07. The minimum Gasteiger partial charge on any atom is -0.497 e. The van der Waals surface area contributed by atoms with E-state index in [0.717, 1.165) is 10.4 Å². The number of nitrogens with zero attached hydrogens (tertiary/aromatic N) is 3. The molecule has 5 rings (SSSR count). The van der Waals surface area contributed by atoms with Crippen molar-refractivity contribution in [3.05, 3.63) is 105 Å². The Kier molecular flexibility index (Phi) is 7.05. The summed E-state index contributed by atoms with van der Waals surface area (Å²) in [5.41, 5.74) is 2.84. The molecule has 0 bridgehead atoms. The largest absolute Gasteiger partial charge is 0.497 e. The topological polar surface area (TPSA) is 111 Å². The maximum atomic E-state index is 13.3. The molecular formula is C28H25N5O4S. The monoisotopic (exact) mass is 527 g/mol. The lowest BCUT2D eigenvalue weighted by Crippen LogP contribution is -2.22. The van der Waals surface area contributed by atoms with E-state index in [1.54, 1.807) is 38.3 Å². The summed E-state index contributed by atoms with van der Waals surface area (Å²) in [5, 5.41) is 9.50. The summed E-state index contributed by atoms with van der Waals surface area (Å²) in [6.07, 6.45) is 0.454. The zero-order valence-corrected chi connectivity index (χ0v) is 21.8. The van der Waals surface area contributed by atoms with Gasteiger partial charge in [-0.2, -0.15) is 9.78 Å². The lowest BCUT2D eigenvalue weighted by Gasteiger charge is -2.12. The Morgan fingerprint density at radius 2 is 1.87 bits per heavy atom. The number of aromatic amines is 1. The summed E-state index contributed by atoms with van der Waals surface area (Å²) in [7, 11) is 3.03. The van der Waals surface area contributed by atoms with Crippen LogP contribution in [0.15, 0.2) is 76.9 Å². The maximum absolute atomic E-state index is 13.3. The third-order valence-electron chi connectivity index (χ3n) is 6.01. The highest BCUT2D eigenvalue weighted by atomic mass is 32.1. The molecule has 9 nitrogen and oxygen atoms in total. The molecular weight excluding hydrogens is 502 g/mol. The van der Waals surface area contributed by atoms with Gasteiger partial charge < -0.3 is 14.8 Å². The van der Waals surface area contributed by atoms with E-state index in [0.29, 0.717) is 46.3 Å². The van der Waals surface area contributed by atoms with E-state index in [1.165, 1.54) is 23.1 Å². The second-order valence-electron chi connectivity index (χ2n) is 8.44. The van der Waals surface area contributed by atoms with Crippen molar-refractivity contribution in [1.29, 1.82) is 0 Å². The zero-order valence-electron chi connectivity index (χ0n) is 21.0. The van der Waals surface area contributed by atoms with Gasteiger partial charge in [-0.25, -0.2) is 4.98 Å². The number of ether oxygens (including phenoxy) is 2. The highest BCUT2D eigenvalue weighted by Crippen LogP contribution is 2.29. The van der Waals surface area contributed by atoms with Crippen molar-refractivity contribution in [2.24, 2.45) is 0 Å². The quantitative estimate of drug-likeness (QED) is 0.298. The molecule has 192 valence electrons. The van der Waals surface area contributed by atoms with Crippen LogP contribution in [0, 0.1) is 6.92 Å². The van der Waals surface area contributed by atoms with Gasteiger partial charge in [-0.1, -0.05) is 36.4 Å². The lowest BCUT2D eigenvalue weighted by molar-refractivity contribution is 0.102. The molecule has 0 aliphatic rings. The second kappa shape index (κ2) is 10.7. The van der Waals surface area contributed by atoms with Gasteiger partial charge in [0.25, 0.3) is 11.5 Å². The predicted molar refractivity (Wildman–Crippen MR) is 147 cm³/mol. The third-order valence-corrected chi connectivity index (χ3v) is 6.90. The molecule has 3 aromatic heterocycles. The number of hydrogen-bond donors (Lipinski definition) is 2. The van der Waals surface area contributed by atoms with Crippen LogP contribution in [0.4, 0.5) is 5.82 Å². The molecule has 0 spiro atoms. The normalized spacial score (nSPS) is 10.8. The van der Waals surface area contributed by atoms with Gasteiger partial charge in [0, 0.05) is 24.1 Å². The average molecular weight is 528 g/mol. The van der Waals surface area contributed by atoms with Crippen LogP contribution in [0.5, 0.6) is 11.5 Å². The molecule has 0 aliphatic carbocycles. The Bertz CT molecular complexity index is 1640. The molecule has 0 radical (unpaired) electrons. The Hall–Kier alpha value is -4.70. The number of hydrogen-bond acceptors (Lipinski definition) is 7. The number of rotatable bonds is 8. The molecule has 0 atom stereocenters. The van der Waals surface area contributed by atoms with Crippen LogP contribution in [-0.2, 0) is 6.42 Å². The number of aromatic nitrogens is 4. The maximum Gasteiger partial charge on any atom is 0.260 e. The Balaban J connectivity index is 1.54. The van der Waals surface area contributed by atoms with Gasteiger partial charge in [0.15, 0.2) is 0 Å². The first-order valence-electron chi connectivity index (χ1n) is 11.8. The molecule has 1 amide bonds. The number of benzene rings is 2. The fourth-order valence-electron chi connectivity index (χ4n) is 4.05. The summed E-state index contributed by atoms with van der Waals surface area (Å²) in [5.74, 6) is 1.05. The standard InChI is InChI=1S/C28H25N5O4S/c1-17-21(14-18-8-5-4-6-9-18)27(35)31-28(29-17)33-25(16-22(32-33)24-10-7-13-38-24)30-26(34)20-12-11-19(36-2)15-23(20)37-3/h4-13,15-16H,14H2,1-3H3,(H,30,34)(H,29,31,35). The molecule has 0 unspecified atom stereocenters. The molecule has 2 N–H and O–H groups in total. The van der Waals surface area contributed by atoms with Crippen LogP contribution >= 0.6 is 11.3 Å². The summed E-state index contributed by atoms with van der Waals surface area (Å²) < 4.78 is 12.1. The van der Waals surface area contributed by atoms with E-state index in [1.807, 2.05) is 47.8 Å². The smallest absolute Gasteiger partial charge is 0.260 e. The first kappa shape index (κ1) is 25.0. The van der Waals surface area contributed by atoms with Crippen molar-refractivity contribution in [3.63, 3.8) is 0 Å². The second-order valence-corrected chi connectivity index (χ2v) is 9.39. The van der Waals surface area contributed by atoms with Gasteiger partial charge in [0.1, 0.15) is 23.0 Å². The lowest BCUT2D eigenvalue weighted by atomic mass is 10.1. The van der Waals surface area contributed by atoms with Gasteiger partial charge in [0.2, 0.25) is 5.95 Å². The number of amides is 1. The van der Waals surface area contributed by atoms with Crippen LogP contribution in [-0.4, -0.2) is 39.9 Å². The van der Waals surface area contributed by atoms with E-state index >= 15 is 0 Å². The Morgan fingerprint density at radius 1 is 1.05 bits per heavy atom. The molecule has 3 heterocycles. The van der Waals surface area contributed by atoms with E-state index in [9.17, 15) is 9.59 Å². The molecule has 2 aromatic carbocycles. The van der Waals surface area contributed by atoms with Gasteiger partial charge in [-0.3, -0.25) is 14.6 Å². The summed E-state index contributed by atoms with van der Waals surface area (Å²) in [6, 6.07) is 20.3. The number of aryl methyl sites for hydroxylation is 1. The van der Waals surface area contributed by atoms with Crippen LogP contribution < -0.4 is 20.3 Å². The van der Waals surface area contributed by atoms with Crippen molar-refractivity contribution in [2.75, 3.05) is 19.5 Å². The van der Waals surface area contributed by atoms with Crippen molar-refractivity contribution in [1.82, 2.24) is 19.7 Å². The minimum atomic E-state index is -0.414. The van der Waals surface area contributed by atoms with Crippen molar-refractivity contribution >= 4 is 23.1 Å². The molecule has 0 fully saturated rings. The number of H-pyrrole nitrogens is 1. The molecule has 38 heavy (non-hydrogen) atoms. The highest BCUT2D eigenvalue weighted by molar-refractivity contribution is 7.13. The van der Waals surface area contributed by atoms with Gasteiger partial charge >= 0.3 is 0 Å². The van der Waals surface area contributed by atoms with E-state index in [-0.39, 0.29) is 11.5 Å². The van der Waals surface area contributed by atoms with Gasteiger partial charge in [-0.15, -0.1) is 11.3 Å². The van der Waals surface area contributed by atoms with E-state index < -0.39 is 5.91 Å². The first-order chi connectivity index (χ1) is 18.5. The van der Waals surface area contributed by atoms with Crippen molar-refractivity contribution in [3.8, 4) is 28.0 Å². The highest BCUT2D eigenvalue weighted by Gasteiger charge is 2.20. The number of anilines is 1. The molecule has 0 saturated heterocycles. The van der Waals surface area contributed by atoms with Crippen molar-refractivity contribution in [2.45, 2.75) is 13.3 Å². The van der Waals surface area contributed by atoms with Crippen LogP contribution in [0.25, 0.3) is 16.5 Å². The van der Waals surface area contributed by atoms with E-state index in [4.69, 9.17) is 9.47 Å². The van der Waals surface area contributed by atoms with Crippen LogP contribution in [0.2, 0.25) is 0 Å². The summed E-state index contributed by atoms with van der Waals surface area (Å²) in [6.45, 7) is 1.79. The number of carbonyl (C=O) groups is 1. The number of carbonyl (C=O) groups excluding carboxylic acids is 1.